The normalized spacial score (nSPS) is 18.2. The number of carbonyl (C=O) groups excluding carboxylic acids is 1. The first-order valence-electron chi connectivity index (χ1n) is 6.95. The largest absolute Gasteiger partial charge is 0.304 e. The Hall–Kier alpha value is -1.99. The van der Waals surface area contributed by atoms with E-state index in [4.69, 9.17) is 0 Å². The number of nitrogens with one attached hydrogen (secondary N) is 1. The maximum Gasteiger partial charge on any atom is 0.269 e. The van der Waals surface area contributed by atoms with E-state index in [9.17, 15) is 14.9 Å². The SMILES string of the molecule is C[C@@H](C(=O)NN1CCN(C)CC1)c1ccc([N+](=O)[O-])cc1. The summed E-state index contributed by atoms with van der Waals surface area (Å²) in [4.78, 5) is 24.6. The molecule has 0 saturated carbocycles. The molecule has 1 aromatic rings. The van der Waals surface area contributed by atoms with Gasteiger partial charge in [0.05, 0.1) is 10.8 Å². The Labute approximate surface area is 123 Å². The molecular weight excluding hydrogens is 272 g/mol. The van der Waals surface area contributed by atoms with Crippen molar-refractivity contribution < 1.29 is 9.72 Å². The highest BCUT2D eigenvalue weighted by Gasteiger charge is 2.20. The molecule has 1 amide bonds. The monoisotopic (exact) mass is 292 g/mol. The van der Waals surface area contributed by atoms with Crippen molar-refractivity contribution >= 4 is 11.6 Å². The molecule has 0 aliphatic carbocycles. The average molecular weight is 292 g/mol. The summed E-state index contributed by atoms with van der Waals surface area (Å²) in [5, 5.41) is 12.5. The molecule has 0 aromatic heterocycles. The van der Waals surface area contributed by atoms with Crippen LogP contribution in [0.25, 0.3) is 0 Å². The van der Waals surface area contributed by atoms with E-state index in [-0.39, 0.29) is 17.5 Å². The molecule has 7 heteroatoms. The first-order valence-corrected chi connectivity index (χ1v) is 6.95. The molecule has 1 aliphatic heterocycles. The molecule has 1 fully saturated rings. The van der Waals surface area contributed by atoms with E-state index in [1.165, 1.54) is 12.1 Å². The third-order valence-corrected chi connectivity index (χ3v) is 3.77. The Morgan fingerprint density at radius 2 is 1.81 bits per heavy atom. The maximum absolute atomic E-state index is 12.2. The summed E-state index contributed by atoms with van der Waals surface area (Å²) in [6.45, 7) is 5.25. The highest BCUT2D eigenvalue weighted by molar-refractivity contribution is 5.82. The fraction of sp³-hybridized carbons (Fsp3) is 0.500. The van der Waals surface area contributed by atoms with Crippen LogP contribution >= 0.6 is 0 Å². The second-order valence-electron chi connectivity index (χ2n) is 5.34. The van der Waals surface area contributed by atoms with Crippen LogP contribution < -0.4 is 5.43 Å². The lowest BCUT2D eigenvalue weighted by Crippen LogP contribution is -2.53. The number of benzene rings is 1. The minimum atomic E-state index is -0.446. The van der Waals surface area contributed by atoms with Crippen LogP contribution in [0, 0.1) is 10.1 Å². The van der Waals surface area contributed by atoms with Gasteiger partial charge in [0.25, 0.3) is 5.69 Å². The summed E-state index contributed by atoms with van der Waals surface area (Å²) in [6.07, 6.45) is 0. The predicted octanol–water partition coefficient (Wildman–Crippen LogP) is 0.977. The Morgan fingerprint density at radius 3 is 2.33 bits per heavy atom. The molecule has 0 bridgehead atoms. The van der Waals surface area contributed by atoms with E-state index >= 15 is 0 Å². The van der Waals surface area contributed by atoms with Crippen molar-refractivity contribution in [1.82, 2.24) is 15.3 Å². The van der Waals surface area contributed by atoms with Crippen LogP contribution in [-0.4, -0.2) is 54.0 Å². The van der Waals surface area contributed by atoms with Crippen LogP contribution in [0.2, 0.25) is 0 Å². The number of hydrogen-bond acceptors (Lipinski definition) is 5. The number of hydrazine groups is 1. The maximum atomic E-state index is 12.2. The molecule has 1 aromatic carbocycles. The van der Waals surface area contributed by atoms with Crippen molar-refractivity contribution in [3.05, 3.63) is 39.9 Å². The number of nitro benzene ring substituents is 1. The van der Waals surface area contributed by atoms with Crippen LogP contribution in [0.4, 0.5) is 5.69 Å². The smallest absolute Gasteiger partial charge is 0.269 e. The van der Waals surface area contributed by atoms with Gasteiger partial charge in [-0.3, -0.25) is 20.3 Å². The lowest BCUT2D eigenvalue weighted by Gasteiger charge is -2.33. The summed E-state index contributed by atoms with van der Waals surface area (Å²) < 4.78 is 0. The molecule has 2 rings (SSSR count). The van der Waals surface area contributed by atoms with E-state index in [0.29, 0.717) is 0 Å². The standard InChI is InChI=1S/C14H20N4O3/c1-11(12-3-5-13(6-4-12)18(20)21)14(19)15-17-9-7-16(2)8-10-17/h3-6,11H,7-10H2,1-2H3,(H,15,19)/t11-/m1/s1. The molecule has 0 spiro atoms. The molecule has 1 N–H and O–H groups in total. The Bertz CT molecular complexity index is 509. The zero-order valence-electron chi connectivity index (χ0n) is 12.3. The molecular formula is C14H20N4O3. The Balaban J connectivity index is 1.94. The number of nitrogens with zero attached hydrogens (tertiary/aromatic N) is 3. The van der Waals surface area contributed by atoms with Crippen LogP contribution in [0.1, 0.15) is 18.4 Å². The second kappa shape index (κ2) is 6.64. The van der Waals surface area contributed by atoms with Crippen LogP contribution in [-0.2, 0) is 4.79 Å². The molecule has 1 saturated heterocycles. The van der Waals surface area contributed by atoms with Crippen LogP contribution in [0.5, 0.6) is 0 Å². The van der Waals surface area contributed by atoms with Gasteiger partial charge in [-0.25, -0.2) is 5.01 Å². The molecule has 21 heavy (non-hydrogen) atoms. The third-order valence-electron chi connectivity index (χ3n) is 3.77. The van der Waals surface area contributed by atoms with Gasteiger partial charge in [0.1, 0.15) is 0 Å². The third kappa shape index (κ3) is 3.99. The highest BCUT2D eigenvalue weighted by Crippen LogP contribution is 2.19. The highest BCUT2D eigenvalue weighted by atomic mass is 16.6. The summed E-state index contributed by atoms with van der Waals surface area (Å²) in [7, 11) is 2.05. The zero-order valence-corrected chi connectivity index (χ0v) is 12.3. The number of non-ortho nitro benzene ring substituents is 1. The van der Waals surface area contributed by atoms with E-state index in [1.807, 2.05) is 5.01 Å². The van der Waals surface area contributed by atoms with E-state index < -0.39 is 4.92 Å². The number of nitro groups is 1. The van der Waals surface area contributed by atoms with Crippen molar-refractivity contribution in [2.75, 3.05) is 33.2 Å². The molecule has 0 unspecified atom stereocenters. The van der Waals surface area contributed by atoms with Gasteiger partial charge in [-0.15, -0.1) is 0 Å². The van der Waals surface area contributed by atoms with Gasteiger partial charge < -0.3 is 4.90 Å². The van der Waals surface area contributed by atoms with Gasteiger partial charge >= 0.3 is 0 Å². The molecule has 114 valence electrons. The van der Waals surface area contributed by atoms with Crippen molar-refractivity contribution in [3.63, 3.8) is 0 Å². The number of carbonyl (C=O) groups is 1. The van der Waals surface area contributed by atoms with E-state index in [2.05, 4.69) is 17.4 Å². The fourth-order valence-electron chi connectivity index (χ4n) is 2.21. The van der Waals surface area contributed by atoms with Crippen LogP contribution in [0.3, 0.4) is 0 Å². The first-order chi connectivity index (χ1) is 9.97. The fourth-order valence-corrected chi connectivity index (χ4v) is 2.21. The van der Waals surface area contributed by atoms with Gasteiger partial charge in [0, 0.05) is 38.3 Å². The van der Waals surface area contributed by atoms with Gasteiger partial charge in [0.15, 0.2) is 0 Å². The average Bonchev–Trinajstić information content (AvgIpc) is 2.49. The molecule has 0 radical (unpaired) electrons. The topological polar surface area (TPSA) is 78.7 Å². The minimum absolute atomic E-state index is 0.0328. The summed E-state index contributed by atoms with van der Waals surface area (Å²) >= 11 is 0. The molecule has 1 heterocycles. The Morgan fingerprint density at radius 1 is 1.24 bits per heavy atom. The van der Waals surface area contributed by atoms with Gasteiger partial charge in [-0.1, -0.05) is 12.1 Å². The quantitative estimate of drug-likeness (QED) is 0.661. The van der Waals surface area contributed by atoms with Crippen LogP contribution in [0.15, 0.2) is 24.3 Å². The predicted molar refractivity (Wildman–Crippen MR) is 78.7 cm³/mol. The summed E-state index contributed by atoms with van der Waals surface area (Å²) in [5.74, 6) is -0.432. The Kier molecular flexibility index (Phi) is 4.87. The van der Waals surface area contributed by atoms with Crippen molar-refractivity contribution in [1.29, 1.82) is 0 Å². The summed E-state index contributed by atoms with van der Waals surface area (Å²) in [6, 6.07) is 6.11. The van der Waals surface area contributed by atoms with Gasteiger partial charge in [-0.2, -0.15) is 0 Å². The number of piperazine rings is 1. The molecule has 1 aliphatic rings. The van der Waals surface area contributed by atoms with Gasteiger partial charge in [0.2, 0.25) is 5.91 Å². The molecule has 1 atom stereocenters. The number of hydrogen-bond donors (Lipinski definition) is 1. The zero-order chi connectivity index (χ0) is 15.4. The van der Waals surface area contributed by atoms with Crippen molar-refractivity contribution in [3.8, 4) is 0 Å². The number of likely N-dealkylation sites (N-methyl/N-ethyl adjacent to an activating group) is 1. The van der Waals surface area contributed by atoms with Gasteiger partial charge in [-0.05, 0) is 19.5 Å². The van der Waals surface area contributed by atoms with E-state index in [0.717, 1.165) is 31.7 Å². The molecule has 7 nitrogen and oxygen atoms in total. The minimum Gasteiger partial charge on any atom is -0.304 e. The van der Waals surface area contributed by atoms with Crippen molar-refractivity contribution in [2.45, 2.75) is 12.8 Å². The van der Waals surface area contributed by atoms with E-state index in [1.54, 1.807) is 19.1 Å². The first kappa shape index (κ1) is 15.4. The lowest BCUT2D eigenvalue weighted by molar-refractivity contribution is -0.384. The number of rotatable bonds is 4. The second-order valence-corrected chi connectivity index (χ2v) is 5.34. The lowest BCUT2D eigenvalue weighted by atomic mass is 10.0. The number of amides is 1. The summed E-state index contributed by atoms with van der Waals surface area (Å²) in [5.41, 5.74) is 3.71. The van der Waals surface area contributed by atoms with Crippen molar-refractivity contribution in [2.24, 2.45) is 0 Å².